The number of aliphatic hydroxyl groups is 4. The van der Waals surface area contributed by atoms with Crippen LogP contribution in [0, 0.1) is 0 Å². The van der Waals surface area contributed by atoms with Crippen molar-refractivity contribution < 1.29 is 66.7 Å². The molecule has 0 aromatic carbocycles. The number of rotatable bonds is 0. The zero-order valence-electron chi connectivity index (χ0n) is 17.5. The van der Waals surface area contributed by atoms with E-state index in [1.165, 1.54) is 17.2 Å². The van der Waals surface area contributed by atoms with Gasteiger partial charge >= 0.3 is 15.6 Å². The highest BCUT2D eigenvalue weighted by molar-refractivity contribution is 7.61. The Labute approximate surface area is 195 Å². The first-order chi connectivity index (χ1) is 16.4. The van der Waals surface area contributed by atoms with Crippen molar-refractivity contribution in [1.29, 1.82) is 0 Å². The molecule has 2 saturated heterocycles. The van der Waals surface area contributed by atoms with E-state index in [0.29, 0.717) is 0 Å². The monoisotopic (exact) mass is 542 g/mol. The number of phosphoric acid groups is 2. The van der Waals surface area contributed by atoms with Crippen LogP contribution in [0.3, 0.4) is 0 Å². The first-order valence-corrected chi connectivity index (χ1v) is 13.1. The zero-order chi connectivity index (χ0) is 25.3. The molecule has 6 heterocycles. The summed E-state index contributed by atoms with van der Waals surface area (Å²) >= 11 is 0. The summed E-state index contributed by atoms with van der Waals surface area (Å²) in [5, 5.41) is 41.6. The van der Waals surface area contributed by atoms with Crippen molar-refractivity contribution in [2.24, 2.45) is 0 Å². The standard InChI is InChI=1S/C15H21N5O13P2/c16-12-7-13-18-4-19(12)14-10(23)8(21)5(31-14)1-29-34(25,26)33-35(27,28)30-2-6-9(22)11(24)15(32-6)20(13)3-17-7/h3-6,8-11,14-16,21-24H,1-2H2,(H2,25,26,27,28)/p+1. The number of fused-ring (bicyclic) bond motifs is 7. The maximum atomic E-state index is 12.2. The number of aliphatic hydroxyl groups excluding tert-OH is 4. The number of aromatic nitrogens is 4. The number of hydrogen-bond donors (Lipinski definition) is 7. The predicted octanol–water partition coefficient (Wildman–Crippen LogP) is -3.20. The van der Waals surface area contributed by atoms with Gasteiger partial charge in [-0.05, 0) is 0 Å². The minimum absolute atomic E-state index is 0.0574. The molecule has 10 unspecified atom stereocenters. The maximum Gasteiger partial charge on any atom is 0.481 e. The third-order valence-corrected chi connectivity index (χ3v) is 8.43. The van der Waals surface area contributed by atoms with Crippen molar-refractivity contribution in [2.45, 2.75) is 49.1 Å². The topological polar surface area (TPSA) is 262 Å². The second-order valence-corrected chi connectivity index (χ2v) is 11.1. The molecule has 2 aromatic rings. The van der Waals surface area contributed by atoms with Crippen LogP contribution in [0.5, 0.6) is 0 Å². The number of anilines is 1. The quantitative estimate of drug-likeness (QED) is 0.128. The fourth-order valence-corrected chi connectivity index (χ4v) is 6.15. The van der Waals surface area contributed by atoms with Gasteiger partial charge in [0.05, 0.1) is 13.2 Å². The van der Waals surface area contributed by atoms with Crippen LogP contribution in [0.15, 0.2) is 12.7 Å². The fraction of sp³-hybridized carbons (Fsp3) is 0.667. The van der Waals surface area contributed by atoms with Gasteiger partial charge in [0.2, 0.25) is 18.2 Å². The van der Waals surface area contributed by atoms with E-state index in [1.54, 1.807) is 0 Å². The number of nitrogens with two attached hydrogens (primary N) is 1. The van der Waals surface area contributed by atoms with Crippen LogP contribution in [0.25, 0.3) is 11.2 Å². The maximum absolute atomic E-state index is 12.2. The lowest BCUT2D eigenvalue weighted by Gasteiger charge is -2.20. The van der Waals surface area contributed by atoms with E-state index < -0.39 is 77.9 Å². The summed E-state index contributed by atoms with van der Waals surface area (Å²) in [6.45, 7) is -1.67. The summed E-state index contributed by atoms with van der Waals surface area (Å²) in [7, 11) is -10.5. The fourth-order valence-electron chi connectivity index (χ4n) is 4.06. The number of hydrogen-bond acceptors (Lipinski definition) is 14. The first kappa shape index (κ1) is 25.0. The van der Waals surface area contributed by atoms with Crippen molar-refractivity contribution in [2.75, 3.05) is 18.9 Å². The molecule has 4 aliphatic rings. The van der Waals surface area contributed by atoms with Gasteiger partial charge in [0, 0.05) is 0 Å². The molecule has 0 saturated carbocycles. The Morgan fingerprint density at radius 3 is 2.20 bits per heavy atom. The summed E-state index contributed by atoms with van der Waals surface area (Å²) in [5.74, 6) is -0.0574. The molecule has 18 nitrogen and oxygen atoms in total. The highest BCUT2D eigenvalue weighted by atomic mass is 31.3. The summed E-state index contributed by atoms with van der Waals surface area (Å²) in [6.07, 6.45) is -9.37. The molecule has 20 heteroatoms. The number of ether oxygens (including phenoxy) is 2. The van der Waals surface area contributed by atoms with Gasteiger partial charge < -0.3 is 45.4 Å². The Hall–Kier alpha value is -1.63. The molecule has 4 aliphatic heterocycles. The number of phosphoric ester groups is 2. The molecule has 8 N–H and O–H groups in total. The Bertz CT molecular complexity index is 1230. The molecule has 194 valence electrons. The summed E-state index contributed by atoms with van der Waals surface area (Å²) < 4.78 is 51.3. The van der Waals surface area contributed by atoms with Crippen LogP contribution in [0.2, 0.25) is 0 Å². The number of imidazole rings is 1. The van der Waals surface area contributed by atoms with E-state index in [4.69, 9.17) is 15.2 Å². The first-order valence-electron chi connectivity index (χ1n) is 10.1. The Balaban J connectivity index is 1.57. The van der Waals surface area contributed by atoms with Crippen molar-refractivity contribution in [1.82, 2.24) is 14.5 Å². The van der Waals surface area contributed by atoms with Crippen molar-refractivity contribution in [3.8, 4) is 0 Å². The van der Waals surface area contributed by atoms with Crippen molar-refractivity contribution in [3.63, 3.8) is 0 Å². The van der Waals surface area contributed by atoms with E-state index >= 15 is 0 Å². The number of nitrogen functional groups attached to an aromatic ring is 1. The molecule has 0 spiro atoms. The van der Waals surface area contributed by atoms with Crippen LogP contribution in [-0.2, 0) is 32.0 Å². The van der Waals surface area contributed by atoms with E-state index in [2.05, 4.69) is 23.3 Å². The van der Waals surface area contributed by atoms with E-state index in [9.17, 15) is 39.3 Å². The van der Waals surface area contributed by atoms with Gasteiger partial charge in [0.15, 0.2) is 11.7 Å². The Morgan fingerprint density at radius 1 is 0.943 bits per heavy atom. The van der Waals surface area contributed by atoms with E-state index in [0.717, 1.165) is 4.57 Å². The van der Waals surface area contributed by atoms with E-state index in [-0.39, 0.29) is 17.0 Å². The average molecular weight is 542 g/mol. The molecule has 0 amide bonds. The summed E-state index contributed by atoms with van der Waals surface area (Å²) in [4.78, 5) is 28.0. The van der Waals surface area contributed by atoms with Gasteiger partial charge in [0.25, 0.3) is 5.82 Å². The Kier molecular flexibility index (Phi) is 6.25. The van der Waals surface area contributed by atoms with Gasteiger partial charge in [0.1, 0.15) is 43.0 Å². The number of nitrogens with zero attached hydrogens (tertiary/aromatic N) is 4. The molecular weight excluding hydrogens is 520 g/mol. The highest BCUT2D eigenvalue weighted by Crippen LogP contribution is 2.60. The van der Waals surface area contributed by atoms with Gasteiger partial charge in [-0.3, -0.25) is 13.6 Å². The molecule has 8 bridgehead atoms. The minimum Gasteiger partial charge on any atom is -0.387 e. The van der Waals surface area contributed by atoms with Gasteiger partial charge in [-0.2, -0.15) is 4.31 Å². The molecule has 0 radical (unpaired) electrons. The molecule has 0 aliphatic carbocycles. The lowest BCUT2D eigenvalue weighted by Crippen LogP contribution is -2.48. The van der Waals surface area contributed by atoms with Crippen LogP contribution in [0.4, 0.5) is 5.82 Å². The summed E-state index contributed by atoms with van der Waals surface area (Å²) in [6, 6.07) is 0. The smallest absolute Gasteiger partial charge is 0.387 e. The van der Waals surface area contributed by atoms with Crippen LogP contribution in [0.1, 0.15) is 12.5 Å². The molecule has 2 fully saturated rings. The van der Waals surface area contributed by atoms with Crippen LogP contribution in [-0.4, -0.2) is 94.6 Å². The average Bonchev–Trinajstić information content (AvgIpc) is 3.41. The predicted molar refractivity (Wildman–Crippen MR) is 107 cm³/mol. The molecule has 2 aromatic heterocycles. The lowest BCUT2D eigenvalue weighted by molar-refractivity contribution is -0.755. The van der Waals surface area contributed by atoms with Crippen molar-refractivity contribution in [3.05, 3.63) is 12.7 Å². The Morgan fingerprint density at radius 2 is 1.54 bits per heavy atom. The second-order valence-electron chi connectivity index (χ2n) is 8.06. The minimum atomic E-state index is -5.25. The SMILES string of the molecule is Nc1c2ncn3c2nc[n+]1C1OC(COP(=O)(O)OP(=O)(O)OCC2OC3C(O)C2O)C(O)C1O. The largest absolute Gasteiger partial charge is 0.481 e. The second kappa shape index (κ2) is 8.74. The molecule has 10 atom stereocenters. The van der Waals surface area contributed by atoms with Gasteiger partial charge in [-0.15, -0.1) is 0 Å². The van der Waals surface area contributed by atoms with Gasteiger partial charge in [-0.25, -0.2) is 18.7 Å². The lowest BCUT2D eigenvalue weighted by atomic mass is 10.1. The molecular formula is C15H22N5O13P2+. The normalized spacial score (nSPS) is 44.6. The molecule has 6 rings (SSSR count). The molecule has 35 heavy (non-hydrogen) atoms. The third kappa shape index (κ3) is 4.40. The van der Waals surface area contributed by atoms with Crippen LogP contribution >= 0.6 is 15.6 Å². The summed E-state index contributed by atoms with van der Waals surface area (Å²) in [5.41, 5.74) is 6.40. The van der Waals surface area contributed by atoms with Crippen molar-refractivity contribution >= 4 is 32.6 Å². The van der Waals surface area contributed by atoms with Crippen LogP contribution < -0.4 is 10.3 Å². The third-order valence-electron chi connectivity index (χ3n) is 5.83. The highest BCUT2D eigenvalue weighted by Gasteiger charge is 2.50. The van der Waals surface area contributed by atoms with E-state index in [1.807, 2.05) is 0 Å². The zero-order valence-corrected chi connectivity index (χ0v) is 19.3. The van der Waals surface area contributed by atoms with Gasteiger partial charge in [-0.1, -0.05) is 4.98 Å².